The molecule has 0 unspecified atom stereocenters. The van der Waals surface area contributed by atoms with Crippen molar-refractivity contribution in [3.63, 3.8) is 0 Å². The number of nitrogens with one attached hydrogen (secondary N) is 1. The molecule has 0 atom stereocenters. The van der Waals surface area contributed by atoms with Crippen molar-refractivity contribution in [3.8, 4) is 11.5 Å². The van der Waals surface area contributed by atoms with Crippen molar-refractivity contribution in [2.45, 2.75) is 26.9 Å². The summed E-state index contributed by atoms with van der Waals surface area (Å²) in [6, 6.07) is 18.0. The van der Waals surface area contributed by atoms with Crippen LogP contribution in [0.4, 0.5) is 5.69 Å². The van der Waals surface area contributed by atoms with Gasteiger partial charge in [0.05, 0.1) is 32.7 Å². The fourth-order valence-corrected chi connectivity index (χ4v) is 4.36. The van der Waals surface area contributed by atoms with E-state index in [1.54, 1.807) is 50.6 Å². The molecule has 1 N–H and O–H groups in total. The van der Waals surface area contributed by atoms with Crippen LogP contribution in [0.25, 0.3) is 0 Å². The zero-order chi connectivity index (χ0) is 24.9. The molecule has 8 heteroatoms. The second-order valence-corrected chi connectivity index (χ2v) is 10.0. The third kappa shape index (κ3) is 6.08. The standard InChI is InChI=1S/C26H30N2O5S/c1-18-6-12-23(14-19(18)2)28(34(5,30)31)17-20-7-10-22(11-8-20)26(29)27-16-21-9-13-24(32-3)25(15-21)33-4/h6-15H,16-17H2,1-5H3,(H,27,29). The summed E-state index contributed by atoms with van der Waals surface area (Å²) in [7, 11) is -0.356. The number of hydrogen-bond acceptors (Lipinski definition) is 5. The first kappa shape index (κ1) is 25.1. The van der Waals surface area contributed by atoms with Crippen molar-refractivity contribution in [1.29, 1.82) is 0 Å². The highest BCUT2D eigenvalue weighted by molar-refractivity contribution is 7.92. The first-order valence-corrected chi connectivity index (χ1v) is 12.6. The van der Waals surface area contributed by atoms with Crippen molar-refractivity contribution >= 4 is 21.6 Å². The Morgan fingerprint density at radius 2 is 1.50 bits per heavy atom. The number of hydrogen-bond donors (Lipinski definition) is 1. The number of sulfonamides is 1. The van der Waals surface area contributed by atoms with E-state index in [0.717, 1.165) is 22.3 Å². The van der Waals surface area contributed by atoms with Gasteiger partial charge in [0, 0.05) is 12.1 Å². The van der Waals surface area contributed by atoms with Gasteiger partial charge in [-0.25, -0.2) is 8.42 Å². The molecular formula is C26H30N2O5S. The zero-order valence-corrected chi connectivity index (χ0v) is 20.9. The van der Waals surface area contributed by atoms with Crippen molar-refractivity contribution < 1.29 is 22.7 Å². The topological polar surface area (TPSA) is 84.9 Å². The average Bonchev–Trinajstić information content (AvgIpc) is 2.82. The molecule has 1 amide bonds. The minimum Gasteiger partial charge on any atom is -0.493 e. The molecule has 0 saturated carbocycles. The van der Waals surface area contributed by atoms with E-state index in [4.69, 9.17) is 9.47 Å². The van der Waals surface area contributed by atoms with Crippen LogP contribution in [-0.4, -0.2) is 34.8 Å². The van der Waals surface area contributed by atoms with Crippen molar-refractivity contribution in [2.75, 3.05) is 24.8 Å². The molecule has 0 radical (unpaired) electrons. The second kappa shape index (κ2) is 10.6. The summed E-state index contributed by atoms with van der Waals surface area (Å²) in [6.07, 6.45) is 1.19. The molecular weight excluding hydrogens is 452 g/mol. The Hall–Kier alpha value is -3.52. The van der Waals surface area contributed by atoms with Gasteiger partial charge in [-0.15, -0.1) is 0 Å². The summed E-state index contributed by atoms with van der Waals surface area (Å²) >= 11 is 0. The van der Waals surface area contributed by atoms with Crippen LogP contribution in [0.3, 0.4) is 0 Å². The maximum Gasteiger partial charge on any atom is 0.251 e. The van der Waals surface area contributed by atoms with E-state index >= 15 is 0 Å². The Balaban J connectivity index is 1.69. The monoisotopic (exact) mass is 482 g/mol. The molecule has 3 rings (SSSR count). The molecule has 0 aliphatic rings. The molecule has 0 fully saturated rings. The molecule has 0 aliphatic heterocycles. The molecule has 0 bridgehead atoms. The summed E-state index contributed by atoms with van der Waals surface area (Å²) in [4.78, 5) is 12.6. The first-order chi connectivity index (χ1) is 16.1. The normalized spacial score (nSPS) is 11.1. The largest absolute Gasteiger partial charge is 0.493 e. The van der Waals surface area contributed by atoms with Crippen LogP contribution < -0.4 is 19.1 Å². The second-order valence-electron chi connectivity index (χ2n) is 8.11. The average molecular weight is 483 g/mol. The summed E-state index contributed by atoms with van der Waals surface area (Å²) in [5, 5.41) is 2.88. The summed E-state index contributed by atoms with van der Waals surface area (Å²) < 4.78 is 36.8. The maximum atomic E-state index is 12.6. The summed E-state index contributed by atoms with van der Waals surface area (Å²) in [6.45, 7) is 4.44. The number of benzene rings is 3. The fraction of sp³-hybridized carbons (Fsp3) is 0.269. The van der Waals surface area contributed by atoms with Crippen LogP contribution in [0.5, 0.6) is 11.5 Å². The van der Waals surface area contributed by atoms with Crippen LogP contribution in [0.1, 0.15) is 32.6 Å². The number of aryl methyl sites for hydroxylation is 2. The third-order valence-corrected chi connectivity index (χ3v) is 6.76. The van der Waals surface area contributed by atoms with E-state index in [1.165, 1.54) is 10.6 Å². The Labute approximate surface area is 201 Å². The molecule has 34 heavy (non-hydrogen) atoms. The maximum absolute atomic E-state index is 12.6. The zero-order valence-electron chi connectivity index (χ0n) is 20.1. The summed E-state index contributed by atoms with van der Waals surface area (Å²) in [5.74, 6) is 0.991. The lowest BCUT2D eigenvalue weighted by Gasteiger charge is -2.23. The van der Waals surface area contributed by atoms with Gasteiger partial charge >= 0.3 is 0 Å². The number of methoxy groups -OCH3 is 2. The van der Waals surface area contributed by atoms with Gasteiger partial charge in [-0.05, 0) is 72.5 Å². The molecule has 3 aromatic rings. The lowest BCUT2D eigenvalue weighted by atomic mass is 10.1. The number of nitrogens with zero attached hydrogens (tertiary/aromatic N) is 1. The van der Waals surface area contributed by atoms with E-state index in [0.29, 0.717) is 29.3 Å². The van der Waals surface area contributed by atoms with Crippen LogP contribution >= 0.6 is 0 Å². The van der Waals surface area contributed by atoms with E-state index in [2.05, 4.69) is 5.32 Å². The predicted molar refractivity (Wildman–Crippen MR) is 134 cm³/mol. The Bertz CT molecular complexity index is 1270. The van der Waals surface area contributed by atoms with Gasteiger partial charge in [-0.3, -0.25) is 9.10 Å². The molecule has 0 aliphatic carbocycles. The molecule has 3 aromatic carbocycles. The van der Waals surface area contributed by atoms with Crippen LogP contribution in [0.15, 0.2) is 60.7 Å². The van der Waals surface area contributed by atoms with Crippen molar-refractivity contribution in [2.24, 2.45) is 0 Å². The van der Waals surface area contributed by atoms with Gasteiger partial charge in [-0.1, -0.05) is 24.3 Å². The number of amides is 1. The lowest BCUT2D eigenvalue weighted by Crippen LogP contribution is -2.29. The highest BCUT2D eigenvalue weighted by Crippen LogP contribution is 2.27. The molecule has 7 nitrogen and oxygen atoms in total. The van der Waals surface area contributed by atoms with Gasteiger partial charge in [0.2, 0.25) is 10.0 Å². The van der Waals surface area contributed by atoms with Crippen molar-refractivity contribution in [1.82, 2.24) is 5.32 Å². The lowest BCUT2D eigenvalue weighted by molar-refractivity contribution is 0.0951. The fourth-order valence-electron chi connectivity index (χ4n) is 3.48. The predicted octanol–water partition coefficient (Wildman–Crippen LogP) is 4.22. The van der Waals surface area contributed by atoms with Crippen LogP contribution in [-0.2, 0) is 23.1 Å². The number of carbonyl (C=O) groups is 1. The van der Waals surface area contributed by atoms with Crippen LogP contribution in [0, 0.1) is 13.8 Å². The molecule has 180 valence electrons. The minimum absolute atomic E-state index is 0.175. The molecule has 0 saturated heterocycles. The highest BCUT2D eigenvalue weighted by Gasteiger charge is 2.19. The smallest absolute Gasteiger partial charge is 0.251 e. The number of rotatable bonds is 9. The third-order valence-electron chi connectivity index (χ3n) is 5.62. The van der Waals surface area contributed by atoms with Gasteiger partial charge in [0.25, 0.3) is 5.91 Å². The Morgan fingerprint density at radius 3 is 2.09 bits per heavy atom. The first-order valence-electron chi connectivity index (χ1n) is 10.8. The van der Waals surface area contributed by atoms with E-state index in [1.807, 2.05) is 38.1 Å². The molecule has 0 aromatic heterocycles. The van der Waals surface area contributed by atoms with Gasteiger partial charge < -0.3 is 14.8 Å². The van der Waals surface area contributed by atoms with Gasteiger partial charge in [-0.2, -0.15) is 0 Å². The quantitative estimate of drug-likeness (QED) is 0.494. The van der Waals surface area contributed by atoms with Crippen molar-refractivity contribution in [3.05, 3.63) is 88.5 Å². The van der Waals surface area contributed by atoms with Gasteiger partial charge in [0.1, 0.15) is 0 Å². The Morgan fingerprint density at radius 1 is 0.853 bits per heavy atom. The number of ether oxygens (including phenoxy) is 2. The molecule has 0 spiro atoms. The van der Waals surface area contributed by atoms with Gasteiger partial charge in [0.15, 0.2) is 11.5 Å². The minimum atomic E-state index is -3.49. The number of anilines is 1. The number of carbonyl (C=O) groups excluding carboxylic acids is 1. The van der Waals surface area contributed by atoms with E-state index in [-0.39, 0.29) is 12.5 Å². The summed E-state index contributed by atoms with van der Waals surface area (Å²) in [5.41, 5.74) is 4.87. The van der Waals surface area contributed by atoms with Crippen LogP contribution in [0.2, 0.25) is 0 Å². The van der Waals surface area contributed by atoms with E-state index < -0.39 is 10.0 Å². The highest BCUT2D eigenvalue weighted by atomic mass is 32.2. The molecule has 0 heterocycles. The van der Waals surface area contributed by atoms with E-state index in [9.17, 15) is 13.2 Å². The Kier molecular flexibility index (Phi) is 7.83. The SMILES string of the molecule is COc1ccc(CNC(=O)c2ccc(CN(c3ccc(C)c(C)c3)S(C)(=O)=O)cc2)cc1OC.